The molecule has 0 fully saturated rings. The average molecular weight is 263 g/mol. The predicted molar refractivity (Wildman–Crippen MR) is 73.1 cm³/mol. The monoisotopic (exact) mass is 263 g/mol. The van der Waals surface area contributed by atoms with E-state index in [4.69, 9.17) is 10.2 Å². The zero-order valence-electron chi connectivity index (χ0n) is 11.2. The number of anilines is 1. The number of H-pyrrole nitrogens is 1. The number of carbonyl (C=O) groups is 1. The molecule has 0 aliphatic carbocycles. The highest BCUT2D eigenvalue weighted by molar-refractivity contribution is 5.98. The van der Waals surface area contributed by atoms with Gasteiger partial charge in [0, 0.05) is 25.3 Å². The zero-order chi connectivity index (χ0) is 14.2. The van der Waals surface area contributed by atoms with Gasteiger partial charge in [-0.2, -0.15) is 0 Å². The van der Waals surface area contributed by atoms with Crippen LogP contribution in [0.5, 0.6) is 0 Å². The number of rotatable bonds is 3. The summed E-state index contributed by atoms with van der Waals surface area (Å²) in [6, 6.07) is 5.10. The molecule has 0 bridgehead atoms. The van der Waals surface area contributed by atoms with Gasteiger partial charge >= 0.3 is 5.76 Å². The molecule has 0 aliphatic rings. The van der Waals surface area contributed by atoms with E-state index >= 15 is 0 Å². The maximum absolute atomic E-state index is 12.3. The number of hydrogen-bond donors (Lipinski definition) is 2. The first-order valence-electron chi connectivity index (χ1n) is 5.96. The maximum Gasteiger partial charge on any atom is 0.417 e. The molecule has 1 heterocycles. The second-order valence-corrected chi connectivity index (χ2v) is 5.15. The van der Waals surface area contributed by atoms with E-state index in [2.05, 4.69) is 4.98 Å². The third-order valence-corrected chi connectivity index (χ3v) is 3.19. The number of fused-ring (bicyclic) bond motifs is 1. The zero-order valence-corrected chi connectivity index (χ0v) is 11.2. The van der Waals surface area contributed by atoms with Crippen LogP contribution in [0.2, 0.25) is 0 Å². The second-order valence-electron chi connectivity index (χ2n) is 5.15. The third kappa shape index (κ3) is 2.39. The fraction of sp³-hybridized carbons (Fsp3) is 0.385. The van der Waals surface area contributed by atoms with Crippen molar-refractivity contribution >= 4 is 22.7 Å². The summed E-state index contributed by atoms with van der Waals surface area (Å²) < 4.78 is 4.98. The summed E-state index contributed by atoms with van der Waals surface area (Å²) in [4.78, 5) is 27.4. The summed E-state index contributed by atoms with van der Waals surface area (Å²) in [7, 11) is 1.67. The van der Waals surface area contributed by atoms with Gasteiger partial charge in [-0.15, -0.1) is 0 Å². The van der Waals surface area contributed by atoms with Crippen LogP contribution < -0.4 is 16.4 Å². The van der Waals surface area contributed by atoms with E-state index in [0.717, 1.165) is 0 Å². The van der Waals surface area contributed by atoms with Crippen LogP contribution in [0.4, 0.5) is 5.69 Å². The molecule has 102 valence electrons. The number of amides is 1. The fourth-order valence-electron chi connectivity index (χ4n) is 1.80. The van der Waals surface area contributed by atoms with E-state index in [1.807, 2.05) is 0 Å². The quantitative estimate of drug-likeness (QED) is 0.866. The van der Waals surface area contributed by atoms with Crippen molar-refractivity contribution in [2.45, 2.75) is 13.8 Å². The number of benzene rings is 1. The van der Waals surface area contributed by atoms with Crippen molar-refractivity contribution < 1.29 is 9.21 Å². The average Bonchev–Trinajstić information content (AvgIpc) is 2.75. The molecule has 0 radical (unpaired) electrons. The Hall–Kier alpha value is -2.08. The normalized spacial score (nSPS) is 11.8. The standard InChI is InChI=1S/C13H17N3O3/c1-13(2,7-14)11(17)16(3)8-4-5-9-10(6-8)19-12(18)15-9/h4-6H,7,14H2,1-3H3,(H,15,18). The largest absolute Gasteiger partial charge is 0.417 e. The Morgan fingerprint density at radius 2 is 2.16 bits per heavy atom. The van der Waals surface area contributed by atoms with Gasteiger partial charge in [-0.3, -0.25) is 9.78 Å². The van der Waals surface area contributed by atoms with E-state index in [1.54, 1.807) is 39.1 Å². The van der Waals surface area contributed by atoms with E-state index in [0.29, 0.717) is 16.8 Å². The first kappa shape index (κ1) is 13.4. The Kier molecular flexibility index (Phi) is 3.20. The minimum absolute atomic E-state index is 0.0905. The highest BCUT2D eigenvalue weighted by Crippen LogP contribution is 2.24. The van der Waals surface area contributed by atoms with Crippen molar-refractivity contribution in [1.29, 1.82) is 0 Å². The van der Waals surface area contributed by atoms with Gasteiger partial charge in [0.25, 0.3) is 0 Å². The van der Waals surface area contributed by atoms with Crippen LogP contribution in [0.3, 0.4) is 0 Å². The Morgan fingerprint density at radius 1 is 1.47 bits per heavy atom. The van der Waals surface area contributed by atoms with Crippen molar-refractivity contribution in [1.82, 2.24) is 4.98 Å². The molecule has 6 nitrogen and oxygen atoms in total. The topological polar surface area (TPSA) is 92.3 Å². The molecule has 0 saturated carbocycles. The molecule has 2 aromatic rings. The van der Waals surface area contributed by atoms with E-state index in [-0.39, 0.29) is 12.5 Å². The maximum atomic E-state index is 12.3. The Balaban J connectivity index is 2.38. The lowest BCUT2D eigenvalue weighted by atomic mass is 9.92. The Morgan fingerprint density at radius 3 is 2.79 bits per heavy atom. The molecule has 0 aliphatic heterocycles. The number of aromatic nitrogens is 1. The number of carbonyl (C=O) groups excluding carboxylic acids is 1. The first-order valence-corrected chi connectivity index (χ1v) is 5.96. The number of oxazole rings is 1. The number of hydrogen-bond acceptors (Lipinski definition) is 4. The second kappa shape index (κ2) is 4.55. The molecule has 2 rings (SSSR count). The van der Waals surface area contributed by atoms with Gasteiger partial charge in [-0.05, 0) is 26.0 Å². The predicted octanol–water partition coefficient (Wildman–Crippen LogP) is 1.07. The van der Waals surface area contributed by atoms with Crippen LogP contribution in [0, 0.1) is 5.41 Å². The minimum Gasteiger partial charge on any atom is -0.408 e. The summed E-state index contributed by atoms with van der Waals surface area (Å²) in [5.41, 5.74) is 6.65. The van der Waals surface area contributed by atoms with Crippen LogP contribution in [-0.2, 0) is 4.79 Å². The van der Waals surface area contributed by atoms with E-state index < -0.39 is 11.2 Å². The number of nitrogens with zero attached hydrogens (tertiary/aromatic N) is 1. The molecule has 1 aromatic carbocycles. The SMILES string of the molecule is CN(C(=O)C(C)(C)CN)c1ccc2[nH]c(=O)oc2c1. The number of aromatic amines is 1. The fourth-order valence-corrected chi connectivity index (χ4v) is 1.80. The first-order chi connectivity index (χ1) is 8.85. The van der Waals surface area contributed by atoms with Crippen LogP contribution in [-0.4, -0.2) is 24.5 Å². The lowest BCUT2D eigenvalue weighted by molar-refractivity contribution is -0.125. The van der Waals surface area contributed by atoms with Crippen molar-refractivity contribution in [2.75, 3.05) is 18.5 Å². The smallest absolute Gasteiger partial charge is 0.408 e. The van der Waals surface area contributed by atoms with Gasteiger partial charge in [0.2, 0.25) is 5.91 Å². The van der Waals surface area contributed by atoms with Crippen LogP contribution in [0.25, 0.3) is 11.1 Å². The van der Waals surface area contributed by atoms with Crippen LogP contribution in [0.1, 0.15) is 13.8 Å². The van der Waals surface area contributed by atoms with Crippen molar-refractivity contribution in [2.24, 2.45) is 11.1 Å². The summed E-state index contributed by atoms with van der Waals surface area (Å²) in [6.45, 7) is 3.85. The highest BCUT2D eigenvalue weighted by Gasteiger charge is 2.29. The third-order valence-electron chi connectivity index (χ3n) is 3.19. The van der Waals surface area contributed by atoms with Gasteiger partial charge in [0.15, 0.2) is 5.58 Å². The number of nitrogens with two attached hydrogens (primary N) is 1. The molecule has 0 spiro atoms. The van der Waals surface area contributed by atoms with Gasteiger partial charge in [0.1, 0.15) is 0 Å². The molecule has 1 aromatic heterocycles. The summed E-state index contributed by atoms with van der Waals surface area (Å²) >= 11 is 0. The molecule has 0 atom stereocenters. The lowest BCUT2D eigenvalue weighted by Gasteiger charge is -2.28. The molecule has 1 amide bonds. The molecule has 6 heteroatoms. The molecule has 0 saturated heterocycles. The van der Waals surface area contributed by atoms with Crippen molar-refractivity contribution in [3.63, 3.8) is 0 Å². The summed E-state index contributed by atoms with van der Waals surface area (Å²) in [5.74, 6) is -0.601. The van der Waals surface area contributed by atoms with Gasteiger partial charge in [-0.1, -0.05) is 0 Å². The Labute approximate surface area is 110 Å². The minimum atomic E-state index is -0.636. The molecular weight excluding hydrogens is 246 g/mol. The van der Waals surface area contributed by atoms with Gasteiger partial charge in [-0.25, -0.2) is 4.79 Å². The van der Waals surface area contributed by atoms with Gasteiger partial charge in [0.05, 0.1) is 10.9 Å². The van der Waals surface area contributed by atoms with Crippen LogP contribution >= 0.6 is 0 Å². The van der Waals surface area contributed by atoms with E-state index in [9.17, 15) is 9.59 Å². The molecule has 19 heavy (non-hydrogen) atoms. The molecule has 0 unspecified atom stereocenters. The number of nitrogens with one attached hydrogen (secondary N) is 1. The summed E-state index contributed by atoms with van der Waals surface area (Å²) in [5, 5.41) is 0. The van der Waals surface area contributed by atoms with E-state index in [1.165, 1.54) is 4.90 Å². The molecule has 3 N–H and O–H groups in total. The highest BCUT2D eigenvalue weighted by atomic mass is 16.4. The summed E-state index contributed by atoms with van der Waals surface area (Å²) in [6.07, 6.45) is 0. The van der Waals surface area contributed by atoms with Crippen molar-refractivity contribution in [3.05, 3.63) is 28.7 Å². The Bertz CT molecular complexity index is 669. The van der Waals surface area contributed by atoms with Gasteiger partial charge < -0.3 is 15.1 Å². The molecular formula is C13H17N3O3. The lowest BCUT2D eigenvalue weighted by Crippen LogP contribution is -2.42. The van der Waals surface area contributed by atoms with Crippen molar-refractivity contribution in [3.8, 4) is 0 Å². The van der Waals surface area contributed by atoms with Crippen LogP contribution in [0.15, 0.2) is 27.4 Å².